The molecule has 6 nitrogen and oxygen atoms in total. The lowest BCUT2D eigenvalue weighted by Gasteiger charge is -2.18. The molecule has 1 saturated carbocycles. The zero-order valence-electron chi connectivity index (χ0n) is 15.5. The zero-order valence-corrected chi connectivity index (χ0v) is 16.3. The van der Waals surface area contributed by atoms with Gasteiger partial charge in [-0.1, -0.05) is 24.6 Å². The smallest absolute Gasteiger partial charge is 0.360 e. The van der Waals surface area contributed by atoms with Crippen LogP contribution in [0.3, 0.4) is 0 Å². The lowest BCUT2D eigenvalue weighted by Crippen LogP contribution is -2.11. The largest absolute Gasteiger partial charge is 0.461 e. The molecule has 1 aromatic carbocycles. The predicted molar refractivity (Wildman–Crippen MR) is 101 cm³/mol. The summed E-state index contributed by atoms with van der Waals surface area (Å²) in [5, 5.41) is 0. The van der Waals surface area contributed by atoms with E-state index in [9.17, 15) is 13.2 Å². The second-order valence-electron chi connectivity index (χ2n) is 6.45. The van der Waals surface area contributed by atoms with Gasteiger partial charge < -0.3 is 9.15 Å². The third-order valence-corrected chi connectivity index (χ3v) is 6.45. The average Bonchev–Trinajstić information content (AvgIpc) is 3.04. The minimum absolute atomic E-state index is 0.0176. The zero-order chi connectivity index (χ0) is 19.4. The third-order valence-electron chi connectivity index (χ3n) is 4.56. The number of sulfone groups is 1. The van der Waals surface area contributed by atoms with Crippen LogP contribution in [0.2, 0.25) is 0 Å². The van der Waals surface area contributed by atoms with E-state index in [-0.39, 0.29) is 33.8 Å². The molecular weight excluding hydrogens is 366 g/mol. The van der Waals surface area contributed by atoms with E-state index in [1.54, 1.807) is 44.2 Å². The van der Waals surface area contributed by atoms with Crippen molar-refractivity contribution < 1.29 is 22.4 Å². The van der Waals surface area contributed by atoms with Crippen LogP contribution in [0.15, 0.2) is 45.2 Å². The number of ether oxygens (including phenoxy) is 1. The Bertz CT molecular complexity index is 950. The number of nitrogens with zero attached hydrogens (tertiary/aromatic N) is 1. The minimum Gasteiger partial charge on any atom is -0.461 e. The van der Waals surface area contributed by atoms with Gasteiger partial charge in [0.25, 0.3) is 0 Å². The first-order valence-corrected chi connectivity index (χ1v) is 10.6. The first-order valence-electron chi connectivity index (χ1n) is 9.12. The first-order chi connectivity index (χ1) is 12.9. The predicted octanol–water partition coefficient (Wildman–Crippen LogP) is 4.31. The molecule has 1 aliphatic rings. The molecule has 0 N–H and O–H groups in total. The van der Waals surface area contributed by atoms with Crippen LogP contribution in [0, 0.1) is 6.92 Å². The highest BCUT2D eigenvalue weighted by atomic mass is 32.2. The fourth-order valence-electron chi connectivity index (χ4n) is 3.26. The number of oxazole rings is 1. The molecule has 7 heteroatoms. The quantitative estimate of drug-likeness (QED) is 0.708. The van der Waals surface area contributed by atoms with Crippen LogP contribution in [0.4, 0.5) is 0 Å². The van der Waals surface area contributed by atoms with Crippen LogP contribution in [0.1, 0.15) is 61.2 Å². The molecule has 1 heterocycles. The molecule has 0 unspecified atom stereocenters. The maximum atomic E-state index is 13.4. The summed E-state index contributed by atoms with van der Waals surface area (Å²) in [6, 6.07) is 8.24. The summed E-state index contributed by atoms with van der Waals surface area (Å²) in [5.74, 6) is -0.396. The van der Waals surface area contributed by atoms with Crippen LogP contribution in [-0.4, -0.2) is 26.0 Å². The van der Waals surface area contributed by atoms with Gasteiger partial charge in [-0.3, -0.25) is 0 Å². The van der Waals surface area contributed by atoms with E-state index in [4.69, 9.17) is 9.15 Å². The van der Waals surface area contributed by atoms with Gasteiger partial charge in [0.1, 0.15) is 10.7 Å². The summed E-state index contributed by atoms with van der Waals surface area (Å²) in [6.45, 7) is 3.49. The van der Waals surface area contributed by atoms with Gasteiger partial charge >= 0.3 is 5.97 Å². The number of esters is 1. The van der Waals surface area contributed by atoms with Gasteiger partial charge in [-0.25, -0.2) is 18.2 Å². The first kappa shape index (κ1) is 19.4. The maximum Gasteiger partial charge on any atom is 0.360 e. The summed E-state index contributed by atoms with van der Waals surface area (Å²) in [4.78, 5) is 16.6. The van der Waals surface area contributed by atoms with Crippen molar-refractivity contribution in [1.82, 2.24) is 4.98 Å². The number of benzene rings is 1. The van der Waals surface area contributed by atoms with Gasteiger partial charge in [0.2, 0.25) is 15.7 Å². The molecule has 144 valence electrons. The SMILES string of the molecule is CCOC(=O)c1nc(C(=C2CCCCC2)S(=O)(=O)c2ccccc2)oc1C. The maximum absolute atomic E-state index is 13.4. The fraction of sp³-hybridized carbons (Fsp3) is 0.400. The van der Waals surface area contributed by atoms with E-state index in [1.807, 2.05) is 0 Å². The van der Waals surface area contributed by atoms with Gasteiger partial charge in [-0.15, -0.1) is 0 Å². The molecule has 0 spiro atoms. The van der Waals surface area contributed by atoms with Crippen LogP contribution < -0.4 is 0 Å². The fourth-order valence-corrected chi connectivity index (χ4v) is 4.91. The lowest BCUT2D eigenvalue weighted by atomic mass is 9.94. The van der Waals surface area contributed by atoms with Crippen molar-refractivity contribution in [3.63, 3.8) is 0 Å². The molecule has 0 atom stereocenters. The van der Waals surface area contributed by atoms with Crippen LogP contribution in [-0.2, 0) is 14.6 Å². The lowest BCUT2D eigenvalue weighted by molar-refractivity contribution is 0.0518. The number of carbonyl (C=O) groups excluding carboxylic acids is 1. The second kappa shape index (κ2) is 8.08. The van der Waals surface area contributed by atoms with E-state index < -0.39 is 15.8 Å². The van der Waals surface area contributed by atoms with Crippen molar-refractivity contribution in [2.75, 3.05) is 6.61 Å². The van der Waals surface area contributed by atoms with E-state index >= 15 is 0 Å². The molecule has 0 bridgehead atoms. The van der Waals surface area contributed by atoms with Crippen molar-refractivity contribution in [1.29, 1.82) is 0 Å². The van der Waals surface area contributed by atoms with Gasteiger partial charge in [-0.05, 0) is 57.2 Å². The van der Waals surface area contributed by atoms with Crippen molar-refractivity contribution in [2.24, 2.45) is 0 Å². The van der Waals surface area contributed by atoms with Gasteiger partial charge in [-0.2, -0.15) is 0 Å². The number of hydrogen-bond acceptors (Lipinski definition) is 6. The van der Waals surface area contributed by atoms with Gasteiger partial charge in [0.15, 0.2) is 5.69 Å². The summed E-state index contributed by atoms with van der Waals surface area (Å²) in [7, 11) is -3.82. The van der Waals surface area contributed by atoms with Crippen molar-refractivity contribution in [2.45, 2.75) is 50.8 Å². The average molecular weight is 389 g/mol. The highest BCUT2D eigenvalue weighted by Crippen LogP contribution is 2.37. The number of aromatic nitrogens is 1. The Kier molecular flexibility index (Phi) is 5.79. The molecule has 0 radical (unpaired) electrons. The number of allylic oxidation sites excluding steroid dienone is 1. The Balaban J connectivity index is 2.16. The Morgan fingerprint density at radius 2 is 1.81 bits per heavy atom. The van der Waals surface area contributed by atoms with Crippen LogP contribution in [0.5, 0.6) is 0 Å². The number of carbonyl (C=O) groups is 1. The monoisotopic (exact) mass is 389 g/mol. The van der Waals surface area contributed by atoms with Crippen LogP contribution >= 0.6 is 0 Å². The van der Waals surface area contributed by atoms with Crippen molar-refractivity contribution >= 4 is 20.7 Å². The molecule has 3 rings (SSSR count). The molecule has 0 amide bonds. The molecule has 0 aliphatic heterocycles. The normalized spacial score (nSPS) is 14.8. The van der Waals surface area contributed by atoms with Gasteiger partial charge in [0, 0.05) is 0 Å². The minimum atomic E-state index is -3.82. The van der Waals surface area contributed by atoms with E-state index in [2.05, 4.69) is 4.98 Å². The topological polar surface area (TPSA) is 86.5 Å². The number of hydrogen-bond donors (Lipinski definition) is 0. The number of rotatable bonds is 5. The molecule has 1 aliphatic carbocycles. The molecule has 0 saturated heterocycles. The second-order valence-corrected chi connectivity index (χ2v) is 8.34. The third kappa shape index (κ3) is 3.98. The van der Waals surface area contributed by atoms with Crippen LogP contribution in [0.25, 0.3) is 4.91 Å². The van der Waals surface area contributed by atoms with Gasteiger partial charge in [0.05, 0.1) is 11.5 Å². The Hall–Kier alpha value is -2.41. The molecule has 2 aromatic rings. The highest BCUT2D eigenvalue weighted by Gasteiger charge is 2.32. The van der Waals surface area contributed by atoms with E-state index in [0.717, 1.165) is 24.8 Å². The molecular formula is C20H23NO5S. The highest BCUT2D eigenvalue weighted by molar-refractivity contribution is 8.00. The molecule has 1 aromatic heterocycles. The Labute approximate surface area is 159 Å². The van der Waals surface area contributed by atoms with E-state index in [1.165, 1.54) is 0 Å². The summed E-state index contributed by atoms with van der Waals surface area (Å²) >= 11 is 0. The van der Waals surface area contributed by atoms with Crippen molar-refractivity contribution in [3.8, 4) is 0 Å². The standard InChI is InChI=1S/C20H23NO5S/c1-3-25-20(22)17-14(2)26-19(21-17)18(15-10-6-4-7-11-15)27(23,24)16-12-8-5-9-13-16/h5,8-9,12-13H,3-4,6-7,10-11H2,1-2H3. The number of aryl methyl sites for hydroxylation is 1. The Morgan fingerprint density at radius 1 is 1.15 bits per heavy atom. The molecule has 27 heavy (non-hydrogen) atoms. The summed E-state index contributed by atoms with van der Waals surface area (Å²) in [6.07, 6.45) is 4.27. The summed E-state index contributed by atoms with van der Waals surface area (Å²) in [5.41, 5.74) is 0.825. The summed E-state index contributed by atoms with van der Waals surface area (Å²) < 4.78 is 37.4. The van der Waals surface area contributed by atoms with Crippen molar-refractivity contribution in [3.05, 3.63) is 53.2 Å². The molecule has 1 fully saturated rings. The Morgan fingerprint density at radius 3 is 2.44 bits per heavy atom. The van der Waals surface area contributed by atoms with E-state index in [0.29, 0.717) is 12.8 Å².